The molecule has 4 heteroatoms. The van der Waals surface area contributed by atoms with Crippen LogP contribution in [0, 0.1) is 0 Å². The standard InChI is InChI=1S/C10H10ClN3/c11-8-3-1-7(2-4-8)10-13-6-9(5-12)14-10/h1-4,6H,5,12H2,(H,13,14). The van der Waals surface area contributed by atoms with E-state index in [4.69, 9.17) is 17.3 Å². The van der Waals surface area contributed by atoms with Crippen LogP contribution in [-0.2, 0) is 6.54 Å². The Bertz CT molecular complexity index is 419. The van der Waals surface area contributed by atoms with Crippen molar-refractivity contribution in [2.45, 2.75) is 6.54 Å². The maximum absolute atomic E-state index is 5.78. The maximum Gasteiger partial charge on any atom is 0.137 e. The molecule has 0 amide bonds. The van der Waals surface area contributed by atoms with Gasteiger partial charge in [0.05, 0.1) is 0 Å². The van der Waals surface area contributed by atoms with Gasteiger partial charge < -0.3 is 10.7 Å². The van der Waals surface area contributed by atoms with Crippen molar-refractivity contribution in [3.8, 4) is 11.4 Å². The van der Waals surface area contributed by atoms with Crippen molar-refractivity contribution in [3.05, 3.63) is 41.2 Å². The highest BCUT2D eigenvalue weighted by atomic mass is 35.5. The zero-order valence-electron chi connectivity index (χ0n) is 7.50. The van der Waals surface area contributed by atoms with Crippen molar-refractivity contribution in [1.82, 2.24) is 9.97 Å². The summed E-state index contributed by atoms with van der Waals surface area (Å²) in [4.78, 5) is 7.33. The molecule has 0 radical (unpaired) electrons. The summed E-state index contributed by atoms with van der Waals surface area (Å²) in [5.41, 5.74) is 7.41. The largest absolute Gasteiger partial charge is 0.341 e. The molecule has 0 spiro atoms. The molecule has 2 rings (SSSR count). The quantitative estimate of drug-likeness (QED) is 0.793. The summed E-state index contributed by atoms with van der Waals surface area (Å²) in [5, 5.41) is 0.722. The third kappa shape index (κ3) is 1.78. The molecule has 72 valence electrons. The number of nitrogens with zero attached hydrogens (tertiary/aromatic N) is 1. The highest BCUT2D eigenvalue weighted by molar-refractivity contribution is 6.30. The van der Waals surface area contributed by atoms with Gasteiger partial charge in [-0.15, -0.1) is 0 Å². The lowest BCUT2D eigenvalue weighted by Crippen LogP contribution is -1.95. The Morgan fingerprint density at radius 3 is 2.57 bits per heavy atom. The number of nitrogens with two attached hydrogens (primary N) is 1. The highest BCUT2D eigenvalue weighted by Crippen LogP contribution is 2.18. The van der Waals surface area contributed by atoms with E-state index in [0.29, 0.717) is 6.54 Å². The third-order valence-electron chi connectivity index (χ3n) is 1.97. The van der Waals surface area contributed by atoms with Crippen molar-refractivity contribution in [3.63, 3.8) is 0 Å². The Labute approximate surface area is 86.9 Å². The first-order valence-corrected chi connectivity index (χ1v) is 4.67. The van der Waals surface area contributed by atoms with Crippen LogP contribution < -0.4 is 5.73 Å². The molecule has 1 aromatic heterocycles. The third-order valence-corrected chi connectivity index (χ3v) is 2.22. The van der Waals surface area contributed by atoms with E-state index < -0.39 is 0 Å². The predicted octanol–water partition coefficient (Wildman–Crippen LogP) is 2.19. The van der Waals surface area contributed by atoms with Gasteiger partial charge in [0, 0.05) is 29.0 Å². The summed E-state index contributed by atoms with van der Waals surface area (Å²) in [6.45, 7) is 0.473. The molecule has 0 bridgehead atoms. The van der Waals surface area contributed by atoms with E-state index in [2.05, 4.69) is 9.97 Å². The molecule has 0 fully saturated rings. The maximum atomic E-state index is 5.78. The van der Waals surface area contributed by atoms with Gasteiger partial charge in [-0.2, -0.15) is 0 Å². The number of rotatable bonds is 2. The van der Waals surface area contributed by atoms with E-state index in [1.54, 1.807) is 6.20 Å². The van der Waals surface area contributed by atoms with Crippen LogP contribution in [0.2, 0.25) is 5.02 Å². The second-order valence-electron chi connectivity index (χ2n) is 2.97. The van der Waals surface area contributed by atoms with Crippen molar-refractivity contribution in [2.24, 2.45) is 5.73 Å². The predicted molar refractivity (Wildman–Crippen MR) is 56.9 cm³/mol. The van der Waals surface area contributed by atoms with Gasteiger partial charge in [0.25, 0.3) is 0 Å². The van der Waals surface area contributed by atoms with E-state index >= 15 is 0 Å². The van der Waals surface area contributed by atoms with Crippen LogP contribution in [0.15, 0.2) is 30.5 Å². The van der Waals surface area contributed by atoms with E-state index in [9.17, 15) is 0 Å². The average Bonchev–Trinajstić information content (AvgIpc) is 2.67. The lowest BCUT2D eigenvalue weighted by Gasteiger charge is -1.96. The lowest BCUT2D eigenvalue weighted by atomic mass is 10.2. The van der Waals surface area contributed by atoms with Gasteiger partial charge in [-0.3, -0.25) is 0 Å². The van der Waals surface area contributed by atoms with Crippen LogP contribution >= 0.6 is 11.6 Å². The number of halogens is 1. The van der Waals surface area contributed by atoms with E-state index in [0.717, 1.165) is 22.1 Å². The number of H-pyrrole nitrogens is 1. The fourth-order valence-electron chi connectivity index (χ4n) is 1.22. The molecule has 0 saturated carbocycles. The zero-order valence-corrected chi connectivity index (χ0v) is 8.25. The second-order valence-corrected chi connectivity index (χ2v) is 3.40. The molecule has 0 saturated heterocycles. The molecule has 1 aromatic carbocycles. The molecule has 2 aromatic rings. The Balaban J connectivity index is 2.34. The molecular formula is C10H10ClN3. The van der Waals surface area contributed by atoms with Crippen molar-refractivity contribution in [2.75, 3.05) is 0 Å². The minimum absolute atomic E-state index is 0.473. The smallest absolute Gasteiger partial charge is 0.137 e. The second kappa shape index (κ2) is 3.82. The van der Waals surface area contributed by atoms with Crippen LogP contribution in [-0.4, -0.2) is 9.97 Å². The normalized spacial score (nSPS) is 10.4. The van der Waals surface area contributed by atoms with Gasteiger partial charge in [-0.1, -0.05) is 11.6 Å². The van der Waals surface area contributed by atoms with Crippen molar-refractivity contribution >= 4 is 11.6 Å². The van der Waals surface area contributed by atoms with E-state index in [1.165, 1.54) is 0 Å². The summed E-state index contributed by atoms with van der Waals surface area (Å²) >= 11 is 5.78. The SMILES string of the molecule is NCc1cnc(-c2ccc(Cl)cc2)[nH]1. The molecular weight excluding hydrogens is 198 g/mol. The molecule has 0 aliphatic carbocycles. The number of benzene rings is 1. The topological polar surface area (TPSA) is 54.7 Å². The number of imidazole rings is 1. The molecule has 0 atom stereocenters. The number of aromatic nitrogens is 2. The molecule has 1 heterocycles. The van der Waals surface area contributed by atoms with Gasteiger partial charge in [0.1, 0.15) is 5.82 Å². The van der Waals surface area contributed by atoms with Crippen molar-refractivity contribution < 1.29 is 0 Å². The molecule has 3 nitrogen and oxygen atoms in total. The van der Waals surface area contributed by atoms with E-state index in [-0.39, 0.29) is 0 Å². The minimum Gasteiger partial charge on any atom is -0.341 e. The Hall–Kier alpha value is -1.32. The van der Waals surface area contributed by atoms with Crippen molar-refractivity contribution in [1.29, 1.82) is 0 Å². The monoisotopic (exact) mass is 207 g/mol. The summed E-state index contributed by atoms with van der Waals surface area (Å²) < 4.78 is 0. The summed E-state index contributed by atoms with van der Waals surface area (Å²) in [6, 6.07) is 7.51. The first kappa shape index (κ1) is 9.24. The molecule has 3 N–H and O–H groups in total. The Morgan fingerprint density at radius 2 is 2.00 bits per heavy atom. The van der Waals surface area contributed by atoms with Crippen LogP contribution in [0.3, 0.4) is 0 Å². The van der Waals surface area contributed by atoms with Gasteiger partial charge in [0.15, 0.2) is 0 Å². The summed E-state index contributed by atoms with van der Waals surface area (Å²) in [5.74, 6) is 0.821. The van der Waals surface area contributed by atoms with Gasteiger partial charge >= 0.3 is 0 Å². The van der Waals surface area contributed by atoms with Gasteiger partial charge in [-0.25, -0.2) is 4.98 Å². The number of aromatic amines is 1. The number of hydrogen-bond acceptors (Lipinski definition) is 2. The van der Waals surface area contributed by atoms with Crippen LogP contribution in [0.1, 0.15) is 5.69 Å². The van der Waals surface area contributed by atoms with Crippen LogP contribution in [0.4, 0.5) is 0 Å². The molecule has 0 unspecified atom stereocenters. The van der Waals surface area contributed by atoms with Gasteiger partial charge in [0.2, 0.25) is 0 Å². The molecule has 0 aliphatic heterocycles. The number of nitrogens with one attached hydrogen (secondary N) is 1. The molecule has 14 heavy (non-hydrogen) atoms. The zero-order chi connectivity index (χ0) is 9.97. The summed E-state index contributed by atoms with van der Waals surface area (Å²) in [6.07, 6.45) is 1.74. The fraction of sp³-hybridized carbons (Fsp3) is 0.100. The van der Waals surface area contributed by atoms with E-state index in [1.807, 2.05) is 24.3 Å². The van der Waals surface area contributed by atoms with Gasteiger partial charge in [-0.05, 0) is 24.3 Å². The number of hydrogen-bond donors (Lipinski definition) is 2. The van der Waals surface area contributed by atoms with Crippen LogP contribution in [0.5, 0.6) is 0 Å². The first-order valence-electron chi connectivity index (χ1n) is 4.29. The highest BCUT2D eigenvalue weighted by Gasteiger charge is 2.01. The Kier molecular flexibility index (Phi) is 2.52. The first-order chi connectivity index (χ1) is 6.79. The minimum atomic E-state index is 0.473. The van der Waals surface area contributed by atoms with Crippen LogP contribution in [0.25, 0.3) is 11.4 Å². The Morgan fingerprint density at radius 1 is 1.29 bits per heavy atom. The molecule has 0 aliphatic rings. The fourth-order valence-corrected chi connectivity index (χ4v) is 1.34. The summed E-state index contributed by atoms with van der Waals surface area (Å²) in [7, 11) is 0. The average molecular weight is 208 g/mol. The lowest BCUT2D eigenvalue weighted by molar-refractivity contribution is 1.01.